The number of carbonyl (C=O) groups excluding carboxylic acids is 2. The van der Waals surface area contributed by atoms with Crippen molar-refractivity contribution in [3.05, 3.63) is 11.4 Å². The van der Waals surface area contributed by atoms with Crippen molar-refractivity contribution in [1.29, 1.82) is 0 Å². The van der Waals surface area contributed by atoms with E-state index >= 15 is 0 Å². The maximum absolute atomic E-state index is 13.3. The van der Waals surface area contributed by atoms with Crippen LogP contribution in [0.5, 0.6) is 0 Å². The van der Waals surface area contributed by atoms with Crippen molar-refractivity contribution in [2.75, 3.05) is 14.2 Å². The summed E-state index contributed by atoms with van der Waals surface area (Å²) in [5, 5.41) is 0. The van der Waals surface area contributed by atoms with Crippen molar-refractivity contribution in [2.45, 2.75) is 19.8 Å². The molecule has 0 spiro atoms. The van der Waals surface area contributed by atoms with Crippen LogP contribution in [0.15, 0.2) is 11.4 Å². The van der Waals surface area contributed by atoms with E-state index in [0.717, 1.165) is 0 Å². The summed E-state index contributed by atoms with van der Waals surface area (Å²) in [6, 6.07) is 0. The molecule has 0 radical (unpaired) electrons. The predicted octanol–water partition coefficient (Wildman–Crippen LogP) is 1.36. The molecule has 0 fully saturated rings. The first-order chi connectivity index (χ1) is 6.97. The second kappa shape index (κ2) is 4.00. The van der Waals surface area contributed by atoms with E-state index in [0.29, 0.717) is 5.57 Å². The molecule has 15 heavy (non-hydrogen) atoms. The minimum Gasteiger partial charge on any atom is -0.468 e. The molecule has 0 heterocycles. The quantitative estimate of drug-likeness (QED) is 0.516. The van der Waals surface area contributed by atoms with Crippen molar-refractivity contribution in [1.82, 2.24) is 0 Å². The molecule has 0 aromatic heterocycles. The molecule has 0 bridgehead atoms. The summed E-state index contributed by atoms with van der Waals surface area (Å²) in [5.74, 6) is -1.94. The molecule has 0 aliphatic heterocycles. The van der Waals surface area contributed by atoms with Gasteiger partial charge in [-0.1, -0.05) is 0 Å². The molecule has 0 amide bonds. The number of halogens is 1. The van der Waals surface area contributed by atoms with Gasteiger partial charge < -0.3 is 9.47 Å². The molecule has 0 saturated heterocycles. The molecule has 1 aliphatic carbocycles. The van der Waals surface area contributed by atoms with E-state index in [-0.39, 0.29) is 12.8 Å². The summed E-state index contributed by atoms with van der Waals surface area (Å²) < 4.78 is 22.3. The highest BCUT2D eigenvalue weighted by atomic mass is 19.1. The second-order valence-corrected chi connectivity index (χ2v) is 3.60. The van der Waals surface area contributed by atoms with Crippen molar-refractivity contribution in [3.63, 3.8) is 0 Å². The molecule has 0 atom stereocenters. The molecule has 1 aliphatic rings. The Morgan fingerprint density at radius 1 is 1.20 bits per heavy atom. The van der Waals surface area contributed by atoms with Gasteiger partial charge in [-0.2, -0.15) is 0 Å². The van der Waals surface area contributed by atoms with Crippen LogP contribution in [0.2, 0.25) is 0 Å². The van der Waals surface area contributed by atoms with Crippen LogP contribution in [-0.2, 0) is 19.1 Å². The largest absolute Gasteiger partial charge is 0.468 e. The van der Waals surface area contributed by atoms with E-state index in [1.165, 1.54) is 14.2 Å². The van der Waals surface area contributed by atoms with Gasteiger partial charge in [0.1, 0.15) is 5.83 Å². The molecule has 5 heteroatoms. The molecule has 0 aromatic carbocycles. The number of hydrogen-bond acceptors (Lipinski definition) is 4. The Labute approximate surface area is 87.0 Å². The number of rotatable bonds is 2. The zero-order valence-corrected chi connectivity index (χ0v) is 8.93. The van der Waals surface area contributed by atoms with E-state index in [4.69, 9.17) is 0 Å². The van der Waals surface area contributed by atoms with Gasteiger partial charge in [0.25, 0.3) is 0 Å². The highest BCUT2D eigenvalue weighted by Gasteiger charge is 2.53. The summed E-state index contributed by atoms with van der Waals surface area (Å²) in [6.45, 7) is 1.54. The number of carbonyl (C=O) groups is 2. The summed E-state index contributed by atoms with van der Waals surface area (Å²) in [6.07, 6.45) is -0.240. The third kappa shape index (κ3) is 1.73. The van der Waals surface area contributed by atoms with Crippen molar-refractivity contribution in [2.24, 2.45) is 5.41 Å². The topological polar surface area (TPSA) is 52.6 Å². The first-order valence-corrected chi connectivity index (χ1v) is 4.49. The van der Waals surface area contributed by atoms with Gasteiger partial charge in [-0.3, -0.25) is 9.59 Å². The Morgan fingerprint density at radius 2 is 1.67 bits per heavy atom. The first kappa shape index (κ1) is 11.7. The average Bonchev–Trinajstić information content (AvgIpc) is 2.54. The number of ether oxygens (including phenoxy) is 2. The van der Waals surface area contributed by atoms with Crippen LogP contribution in [0.25, 0.3) is 0 Å². The lowest BCUT2D eigenvalue weighted by molar-refractivity contribution is -0.168. The maximum atomic E-state index is 13.3. The summed E-state index contributed by atoms with van der Waals surface area (Å²) in [7, 11) is 2.33. The fraction of sp³-hybridized carbons (Fsp3) is 0.600. The van der Waals surface area contributed by atoms with Crippen molar-refractivity contribution >= 4 is 11.9 Å². The highest BCUT2D eigenvalue weighted by Crippen LogP contribution is 2.44. The summed E-state index contributed by atoms with van der Waals surface area (Å²) in [4.78, 5) is 23.0. The third-order valence-corrected chi connectivity index (χ3v) is 2.64. The van der Waals surface area contributed by atoms with E-state index in [1.807, 2.05) is 0 Å². The highest BCUT2D eigenvalue weighted by molar-refractivity contribution is 6.01. The van der Waals surface area contributed by atoms with Gasteiger partial charge in [-0.15, -0.1) is 0 Å². The van der Waals surface area contributed by atoms with Gasteiger partial charge in [0, 0.05) is 6.42 Å². The van der Waals surface area contributed by atoms with E-state index in [9.17, 15) is 14.0 Å². The van der Waals surface area contributed by atoms with Gasteiger partial charge in [-0.25, -0.2) is 4.39 Å². The molecule has 0 unspecified atom stereocenters. The predicted molar refractivity (Wildman–Crippen MR) is 49.5 cm³/mol. The first-order valence-electron chi connectivity index (χ1n) is 4.49. The lowest BCUT2D eigenvalue weighted by Gasteiger charge is -2.22. The van der Waals surface area contributed by atoms with Crippen molar-refractivity contribution in [3.8, 4) is 0 Å². The van der Waals surface area contributed by atoms with Gasteiger partial charge >= 0.3 is 11.9 Å². The van der Waals surface area contributed by atoms with E-state index < -0.39 is 23.2 Å². The van der Waals surface area contributed by atoms with Gasteiger partial charge in [-0.05, 0) is 18.9 Å². The third-order valence-electron chi connectivity index (χ3n) is 2.64. The summed E-state index contributed by atoms with van der Waals surface area (Å²) in [5.41, 5.74) is -1.12. The summed E-state index contributed by atoms with van der Waals surface area (Å²) >= 11 is 0. The normalized spacial score (nSPS) is 18.9. The lowest BCUT2D eigenvalue weighted by Crippen LogP contribution is -2.39. The zero-order valence-electron chi connectivity index (χ0n) is 8.93. The zero-order chi connectivity index (χ0) is 11.6. The van der Waals surface area contributed by atoms with E-state index in [1.54, 1.807) is 6.92 Å². The Balaban J connectivity index is 3.03. The minimum atomic E-state index is -1.52. The molecule has 84 valence electrons. The molecule has 0 N–H and O–H groups in total. The Morgan fingerprint density at radius 3 is 1.93 bits per heavy atom. The van der Waals surface area contributed by atoms with Crippen LogP contribution in [0, 0.1) is 5.41 Å². The number of allylic oxidation sites excluding steroid dienone is 2. The van der Waals surface area contributed by atoms with Crippen LogP contribution >= 0.6 is 0 Å². The molecule has 4 nitrogen and oxygen atoms in total. The average molecular weight is 216 g/mol. The molecular weight excluding hydrogens is 203 g/mol. The standard InChI is InChI=1S/C10H13FO4/c1-6-4-10(5-7(6)11,8(12)14-2)9(13)15-3/h4-5H2,1-3H3. The number of hydrogen-bond donors (Lipinski definition) is 0. The van der Waals surface area contributed by atoms with Crippen LogP contribution < -0.4 is 0 Å². The Hall–Kier alpha value is -1.39. The van der Waals surface area contributed by atoms with Crippen LogP contribution in [0.4, 0.5) is 4.39 Å². The maximum Gasteiger partial charge on any atom is 0.323 e. The molecular formula is C10H13FO4. The lowest BCUT2D eigenvalue weighted by atomic mass is 9.84. The molecule has 1 rings (SSSR count). The van der Waals surface area contributed by atoms with Crippen LogP contribution in [0.1, 0.15) is 19.8 Å². The SMILES string of the molecule is COC(=O)C1(C(=O)OC)CC(C)=C(F)C1. The van der Waals surface area contributed by atoms with E-state index in [2.05, 4.69) is 9.47 Å². The monoisotopic (exact) mass is 216 g/mol. The fourth-order valence-electron chi connectivity index (χ4n) is 1.79. The number of methoxy groups -OCH3 is 2. The Bertz CT molecular complexity index is 300. The second-order valence-electron chi connectivity index (χ2n) is 3.60. The van der Waals surface area contributed by atoms with Crippen molar-refractivity contribution < 1.29 is 23.5 Å². The molecule has 0 aromatic rings. The van der Waals surface area contributed by atoms with Gasteiger partial charge in [0.2, 0.25) is 0 Å². The van der Waals surface area contributed by atoms with Gasteiger partial charge in [0.15, 0.2) is 5.41 Å². The minimum absolute atomic E-state index is 0.0260. The van der Waals surface area contributed by atoms with Crippen LogP contribution in [-0.4, -0.2) is 26.2 Å². The molecule has 0 saturated carbocycles. The van der Waals surface area contributed by atoms with Gasteiger partial charge in [0.05, 0.1) is 14.2 Å². The van der Waals surface area contributed by atoms with Crippen LogP contribution in [0.3, 0.4) is 0 Å². The smallest absolute Gasteiger partial charge is 0.323 e. The number of esters is 2. The fourth-order valence-corrected chi connectivity index (χ4v) is 1.79. The Kier molecular flexibility index (Phi) is 3.12.